The summed E-state index contributed by atoms with van der Waals surface area (Å²) < 4.78 is 10.9. The predicted molar refractivity (Wildman–Crippen MR) is 154 cm³/mol. The topological polar surface area (TPSA) is 131 Å². The number of esters is 1. The summed E-state index contributed by atoms with van der Waals surface area (Å²) in [7, 11) is 0. The quantitative estimate of drug-likeness (QED) is 0.241. The fraction of sp³-hybridized carbons (Fsp3) is 0.273. The van der Waals surface area contributed by atoms with Crippen LogP contribution in [0.3, 0.4) is 0 Å². The van der Waals surface area contributed by atoms with Gasteiger partial charge in [-0.1, -0.05) is 91.0 Å². The maximum absolute atomic E-state index is 13.3. The summed E-state index contributed by atoms with van der Waals surface area (Å²) >= 11 is 0. The molecule has 5 rings (SSSR count). The molecule has 0 heterocycles. The fourth-order valence-electron chi connectivity index (χ4n) is 5.44. The van der Waals surface area contributed by atoms with Crippen LogP contribution in [0.2, 0.25) is 0 Å². The molecule has 3 atom stereocenters. The van der Waals surface area contributed by atoms with Gasteiger partial charge in [0, 0.05) is 12.0 Å². The average Bonchev–Trinajstić information content (AvgIpc) is 3.33. The van der Waals surface area contributed by atoms with Gasteiger partial charge in [0.1, 0.15) is 19.3 Å². The van der Waals surface area contributed by atoms with E-state index in [4.69, 9.17) is 9.47 Å². The van der Waals surface area contributed by atoms with E-state index in [1.54, 1.807) is 24.3 Å². The van der Waals surface area contributed by atoms with Gasteiger partial charge in [0.2, 0.25) is 5.91 Å². The van der Waals surface area contributed by atoms with Gasteiger partial charge in [0.05, 0.1) is 12.3 Å². The van der Waals surface area contributed by atoms with E-state index in [-0.39, 0.29) is 25.6 Å². The molecule has 0 aromatic heterocycles. The minimum atomic E-state index is -1.29. The highest BCUT2D eigenvalue weighted by Crippen LogP contribution is 2.44. The highest BCUT2D eigenvalue weighted by atomic mass is 16.5. The number of carboxylic acid groups (broad SMARTS) is 1. The lowest BCUT2D eigenvalue weighted by Crippen LogP contribution is -2.51. The molecule has 2 amide bonds. The average molecular weight is 569 g/mol. The smallest absolute Gasteiger partial charge is 0.407 e. The van der Waals surface area contributed by atoms with Crippen molar-refractivity contribution < 1.29 is 33.8 Å². The highest BCUT2D eigenvalue weighted by molar-refractivity contribution is 5.90. The summed E-state index contributed by atoms with van der Waals surface area (Å²) in [4.78, 5) is 50.4. The van der Waals surface area contributed by atoms with E-state index in [1.165, 1.54) is 0 Å². The molecule has 0 saturated heterocycles. The molecule has 0 spiro atoms. The van der Waals surface area contributed by atoms with Gasteiger partial charge in [-0.05, 0) is 40.7 Å². The van der Waals surface area contributed by atoms with Crippen LogP contribution in [-0.4, -0.2) is 47.7 Å². The minimum absolute atomic E-state index is 0.0185. The Morgan fingerprint density at radius 2 is 1.50 bits per heavy atom. The molecular weight excluding hydrogens is 536 g/mol. The SMILES string of the molecule is O=C(C[C@H](NC(=O)OCC1c2ccccc2-c2ccccc21)C(=O)NC1C=CCC(C(=O)O)C1)OCc1ccccc1. The van der Waals surface area contributed by atoms with Crippen LogP contribution in [0.15, 0.2) is 91.0 Å². The monoisotopic (exact) mass is 568 g/mol. The van der Waals surface area contributed by atoms with Crippen LogP contribution in [0.1, 0.15) is 41.9 Å². The molecule has 216 valence electrons. The lowest BCUT2D eigenvalue weighted by Gasteiger charge is -2.25. The number of alkyl carbamates (subject to hydrolysis) is 1. The number of amides is 2. The number of fused-ring (bicyclic) bond motifs is 3. The first-order valence-electron chi connectivity index (χ1n) is 13.9. The molecule has 2 unspecified atom stereocenters. The summed E-state index contributed by atoms with van der Waals surface area (Å²) in [6.45, 7) is 0.0585. The maximum atomic E-state index is 13.3. The zero-order valence-corrected chi connectivity index (χ0v) is 22.9. The molecule has 3 aromatic carbocycles. The van der Waals surface area contributed by atoms with Crippen LogP contribution in [0.5, 0.6) is 0 Å². The fourth-order valence-corrected chi connectivity index (χ4v) is 5.44. The van der Waals surface area contributed by atoms with Crippen LogP contribution in [-0.2, 0) is 30.5 Å². The Kier molecular flexibility index (Phi) is 8.96. The Morgan fingerprint density at radius 1 is 0.857 bits per heavy atom. The Morgan fingerprint density at radius 3 is 2.17 bits per heavy atom. The van der Waals surface area contributed by atoms with E-state index in [0.717, 1.165) is 27.8 Å². The van der Waals surface area contributed by atoms with E-state index in [9.17, 15) is 24.3 Å². The Labute approximate surface area is 243 Å². The molecule has 9 nitrogen and oxygen atoms in total. The number of hydrogen-bond acceptors (Lipinski definition) is 6. The van der Waals surface area contributed by atoms with Crippen LogP contribution in [0.25, 0.3) is 11.1 Å². The number of carbonyl (C=O) groups excluding carboxylic acids is 3. The molecular formula is C33H32N2O7. The number of carbonyl (C=O) groups is 4. The van der Waals surface area contributed by atoms with Crippen molar-refractivity contribution in [1.82, 2.24) is 10.6 Å². The molecule has 9 heteroatoms. The third kappa shape index (κ3) is 6.86. The van der Waals surface area contributed by atoms with E-state index < -0.39 is 48.4 Å². The highest BCUT2D eigenvalue weighted by Gasteiger charge is 2.32. The Hall–Kier alpha value is -4.92. The second kappa shape index (κ2) is 13.2. The number of hydrogen-bond donors (Lipinski definition) is 3. The molecule has 0 aliphatic heterocycles. The largest absolute Gasteiger partial charge is 0.481 e. The zero-order chi connectivity index (χ0) is 29.5. The predicted octanol–water partition coefficient (Wildman–Crippen LogP) is 4.56. The van der Waals surface area contributed by atoms with Gasteiger partial charge < -0.3 is 25.2 Å². The molecule has 2 aliphatic rings. The van der Waals surface area contributed by atoms with Crippen molar-refractivity contribution in [1.29, 1.82) is 0 Å². The van der Waals surface area contributed by atoms with Gasteiger partial charge in [-0.2, -0.15) is 0 Å². The van der Waals surface area contributed by atoms with Gasteiger partial charge in [0.15, 0.2) is 0 Å². The van der Waals surface area contributed by atoms with Gasteiger partial charge in [-0.25, -0.2) is 4.79 Å². The summed E-state index contributed by atoms with van der Waals surface area (Å²) in [6, 6.07) is 23.1. The van der Waals surface area contributed by atoms with Crippen LogP contribution < -0.4 is 10.6 Å². The summed E-state index contributed by atoms with van der Waals surface area (Å²) in [5.74, 6) is -3.07. The van der Waals surface area contributed by atoms with Gasteiger partial charge in [-0.3, -0.25) is 14.4 Å². The number of aliphatic carboxylic acids is 1. The first-order valence-corrected chi connectivity index (χ1v) is 13.9. The van der Waals surface area contributed by atoms with Crippen LogP contribution in [0.4, 0.5) is 4.79 Å². The van der Waals surface area contributed by atoms with E-state index in [0.29, 0.717) is 6.42 Å². The number of ether oxygens (including phenoxy) is 2. The number of carboxylic acids is 1. The van der Waals surface area contributed by atoms with Crippen molar-refractivity contribution in [2.24, 2.45) is 5.92 Å². The third-order valence-corrected chi connectivity index (χ3v) is 7.57. The Bertz CT molecular complexity index is 1440. The van der Waals surface area contributed by atoms with Crippen molar-refractivity contribution in [2.45, 2.75) is 43.9 Å². The van der Waals surface area contributed by atoms with E-state index in [2.05, 4.69) is 10.6 Å². The third-order valence-electron chi connectivity index (χ3n) is 7.57. The first kappa shape index (κ1) is 28.6. The first-order chi connectivity index (χ1) is 20.4. The lowest BCUT2D eigenvalue weighted by atomic mass is 9.91. The van der Waals surface area contributed by atoms with Crippen LogP contribution >= 0.6 is 0 Å². The number of rotatable bonds is 10. The summed E-state index contributed by atoms with van der Waals surface area (Å²) in [5.41, 5.74) is 5.04. The molecule has 0 radical (unpaired) electrons. The molecule has 2 aliphatic carbocycles. The molecule has 3 N–H and O–H groups in total. The molecule has 42 heavy (non-hydrogen) atoms. The van der Waals surface area contributed by atoms with E-state index >= 15 is 0 Å². The van der Waals surface area contributed by atoms with Gasteiger partial charge in [-0.15, -0.1) is 0 Å². The molecule has 0 fully saturated rings. The molecule has 0 bridgehead atoms. The Balaban J connectivity index is 1.24. The molecule has 3 aromatic rings. The summed E-state index contributed by atoms with van der Waals surface area (Å²) in [6.07, 6.45) is 2.71. The minimum Gasteiger partial charge on any atom is -0.481 e. The lowest BCUT2D eigenvalue weighted by molar-refractivity contribution is -0.147. The second-order valence-electron chi connectivity index (χ2n) is 10.4. The number of allylic oxidation sites excluding steroid dienone is 1. The number of nitrogens with one attached hydrogen (secondary N) is 2. The zero-order valence-electron chi connectivity index (χ0n) is 22.9. The van der Waals surface area contributed by atoms with Crippen molar-refractivity contribution in [3.05, 3.63) is 108 Å². The van der Waals surface area contributed by atoms with Crippen molar-refractivity contribution >= 4 is 23.9 Å². The van der Waals surface area contributed by atoms with Crippen molar-refractivity contribution in [3.63, 3.8) is 0 Å². The maximum Gasteiger partial charge on any atom is 0.407 e. The van der Waals surface area contributed by atoms with Crippen molar-refractivity contribution in [3.8, 4) is 11.1 Å². The normalized spacial score (nSPS) is 17.8. The van der Waals surface area contributed by atoms with Gasteiger partial charge in [0.25, 0.3) is 0 Å². The van der Waals surface area contributed by atoms with Crippen LogP contribution in [0, 0.1) is 5.92 Å². The second-order valence-corrected chi connectivity index (χ2v) is 10.4. The molecule has 0 saturated carbocycles. The standard InChI is InChI=1S/C33H32N2O7/c36-30(41-19-21-9-2-1-3-10-21)18-29(31(37)34-23-12-8-11-22(17-23)32(38)39)35-33(40)42-20-28-26-15-6-4-13-24(26)25-14-5-7-16-27(25)28/h1-10,12-16,22-23,28-29H,11,17-20H2,(H,34,37)(H,35,40)(H,38,39)/t22?,23?,29-/m0/s1. The van der Waals surface area contributed by atoms with Crippen molar-refractivity contribution in [2.75, 3.05) is 6.61 Å². The van der Waals surface area contributed by atoms with Gasteiger partial charge >= 0.3 is 18.0 Å². The van der Waals surface area contributed by atoms with E-state index in [1.807, 2.05) is 66.7 Å². The number of benzene rings is 3. The summed E-state index contributed by atoms with van der Waals surface area (Å²) in [5, 5.41) is 14.7.